The molecule has 0 saturated heterocycles. The van der Waals surface area contributed by atoms with Crippen molar-refractivity contribution in [1.82, 2.24) is 5.32 Å². The Labute approximate surface area is 87.4 Å². The van der Waals surface area contributed by atoms with E-state index in [-0.39, 0.29) is 0 Å². The van der Waals surface area contributed by atoms with Crippen LogP contribution >= 0.6 is 0 Å². The number of halogens is 5. The first-order chi connectivity index (χ1) is 7.22. The van der Waals surface area contributed by atoms with E-state index in [1.54, 1.807) is 5.32 Å². The molecule has 0 rings (SSSR count). The fraction of sp³-hybridized carbons (Fsp3) is 0.857. The zero-order valence-corrected chi connectivity index (χ0v) is 7.93. The second-order valence-electron chi connectivity index (χ2n) is 2.81. The number of carbonyl (C=O) groups is 1. The second-order valence-corrected chi connectivity index (χ2v) is 2.81. The summed E-state index contributed by atoms with van der Waals surface area (Å²) in [5.74, 6) is -1.01. The Hall–Kier alpha value is -0.960. The number of aliphatic hydroxyl groups excluding tert-OH is 1. The summed E-state index contributed by atoms with van der Waals surface area (Å²) in [5.41, 5.74) is 0. The Kier molecular flexibility index (Phi) is 6.19. The van der Waals surface area contributed by atoms with Crippen LogP contribution in [0.2, 0.25) is 0 Å². The zero-order chi connectivity index (χ0) is 12.8. The number of carbonyl (C=O) groups excluding carboxylic acids is 1. The molecule has 4 nitrogen and oxygen atoms in total. The minimum Gasteiger partial charge on any atom is -0.385 e. The zero-order valence-electron chi connectivity index (χ0n) is 7.93. The predicted molar refractivity (Wildman–Crippen MR) is 41.9 cm³/mol. The van der Waals surface area contributed by atoms with Crippen molar-refractivity contribution < 1.29 is 36.6 Å². The summed E-state index contributed by atoms with van der Waals surface area (Å²) in [6.45, 7) is -3.25. The van der Waals surface area contributed by atoms with Gasteiger partial charge in [0.05, 0.1) is 0 Å². The van der Waals surface area contributed by atoms with Gasteiger partial charge in [0.25, 0.3) is 6.43 Å². The molecule has 1 atom stereocenters. The van der Waals surface area contributed by atoms with Crippen molar-refractivity contribution >= 4 is 5.91 Å². The largest absolute Gasteiger partial charge is 0.411 e. The molecule has 2 N–H and O–H groups in total. The lowest BCUT2D eigenvalue weighted by atomic mass is 10.3. The number of alkyl halides is 5. The van der Waals surface area contributed by atoms with Crippen LogP contribution in [0.25, 0.3) is 0 Å². The van der Waals surface area contributed by atoms with Gasteiger partial charge in [-0.15, -0.1) is 0 Å². The van der Waals surface area contributed by atoms with Gasteiger partial charge in [-0.05, 0) is 0 Å². The van der Waals surface area contributed by atoms with Crippen molar-refractivity contribution in [3.8, 4) is 0 Å². The Morgan fingerprint density at radius 3 is 2.38 bits per heavy atom. The lowest BCUT2D eigenvalue weighted by Gasteiger charge is -2.11. The first kappa shape index (κ1) is 15.0. The molecular formula is C7H10F5NO3. The van der Waals surface area contributed by atoms with Crippen molar-refractivity contribution in [1.29, 1.82) is 0 Å². The predicted octanol–water partition coefficient (Wildman–Crippen LogP) is 0.308. The molecule has 0 aliphatic heterocycles. The number of nitrogens with one attached hydrogen (secondary N) is 1. The number of rotatable bonds is 6. The van der Waals surface area contributed by atoms with Gasteiger partial charge in [-0.25, -0.2) is 8.78 Å². The molecule has 1 amide bonds. The minimum atomic E-state index is -4.55. The summed E-state index contributed by atoms with van der Waals surface area (Å²) < 4.78 is 61.9. The average Bonchev–Trinajstić information content (AvgIpc) is 2.11. The highest BCUT2D eigenvalue weighted by Crippen LogP contribution is 2.13. The first-order valence-corrected chi connectivity index (χ1v) is 4.10. The van der Waals surface area contributed by atoms with E-state index in [9.17, 15) is 26.7 Å². The van der Waals surface area contributed by atoms with E-state index in [2.05, 4.69) is 4.74 Å². The maximum Gasteiger partial charge on any atom is 0.411 e. The van der Waals surface area contributed by atoms with Crippen molar-refractivity contribution in [2.24, 2.45) is 0 Å². The van der Waals surface area contributed by atoms with Crippen LogP contribution in [-0.2, 0) is 9.53 Å². The standard InChI is InChI=1S/C7H10F5NO3/c8-6(9)4(14)1-13-5(15)2-16-3-7(10,11)12/h4,6,14H,1-3H2,(H,13,15). The van der Waals surface area contributed by atoms with Crippen LogP contribution in [0.4, 0.5) is 22.0 Å². The van der Waals surface area contributed by atoms with E-state index in [0.29, 0.717) is 0 Å². The van der Waals surface area contributed by atoms with Gasteiger partial charge >= 0.3 is 6.18 Å². The molecule has 0 spiro atoms. The average molecular weight is 251 g/mol. The van der Waals surface area contributed by atoms with Gasteiger partial charge in [0.1, 0.15) is 19.3 Å². The number of ether oxygens (including phenoxy) is 1. The van der Waals surface area contributed by atoms with E-state index < -0.39 is 44.4 Å². The molecule has 0 heterocycles. The second kappa shape index (κ2) is 6.59. The Bertz CT molecular complexity index is 221. The molecule has 0 bridgehead atoms. The van der Waals surface area contributed by atoms with Gasteiger partial charge < -0.3 is 15.2 Å². The van der Waals surface area contributed by atoms with Crippen LogP contribution in [0, 0.1) is 0 Å². The van der Waals surface area contributed by atoms with Crippen LogP contribution in [0.15, 0.2) is 0 Å². The van der Waals surface area contributed by atoms with Gasteiger partial charge in [0, 0.05) is 6.54 Å². The van der Waals surface area contributed by atoms with Crippen LogP contribution < -0.4 is 5.32 Å². The molecule has 1 unspecified atom stereocenters. The summed E-state index contributed by atoms with van der Waals surface area (Å²) in [6.07, 6.45) is -9.63. The quantitative estimate of drug-likeness (QED) is 0.668. The van der Waals surface area contributed by atoms with Gasteiger partial charge in [-0.3, -0.25) is 4.79 Å². The summed E-state index contributed by atoms with van der Waals surface area (Å²) in [5, 5.41) is 10.3. The van der Waals surface area contributed by atoms with Crippen molar-refractivity contribution in [2.45, 2.75) is 18.7 Å². The van der Waals surface area contributed by atoms with Crippen molar-refractivity contribution in [2.75, 3.05) is 19.8 Å². The third-order valence-corrected chi connectivity index (χ3v) is 1.30. The monoisotopic (exact) mass is 251 g/mol. The number of hydrogen-bond acceptors (Lipinski definition) is 3. The third kappa shape index (κ3) is 8.36. The highest BCUT2D eigenvalue weighted by Gasteiger charge is 2.27. The summed E-state index contributed by atoms with van der Waals surface area (Å²) >= 11 is 0. The van der Waals surface area contributed by atoms with E-state index >= 15 is 0 Å². The molecule has 0 aromatic carbocycles. The Balaban J connectivity index is 3.60. The Morgan fingerprint density at radius 2 is 1.94 bits per heavy atom. The highest BCUT2D eigenvalue weighted by molar-refractivity contribution is 5.77. The maximum absolute atomic E-state index is 11.7. The van der Waals surface area contributed by atoms with E-state index in [1.807, 2.05) is 0 Å². The normalized spacial score (nSPS) is 13.9. The molecule has 0 aromatic rings. The molecule has 0 aliphatic carbocycles. The lowest BCUT2D eigenvalue weighted by molar-refractivity contribution is -0.175. The fourth-order valence-electron chi connectivity index (χ4n) is 0.618. The van der Waals surface area contributed by atoms with Crippen LogP contribution in [0.1, 0.15) is 0 Å². The van der Waals surface area contributed by atoms with E-state index in [4.69, 9.17) is 5.11 Å². The molecule has 0 fully saturated rings. The summed E-state index contributed by atoms with van der Waals surface area (Å²) in [4.78, 5) is 10.7. The molecule has 96 valence electrons. The van der Waals surface area contributed by atoms with Gasteiger partial charge in [-0.1, -0.05) is 0 Å². The van der Waals surface area contributed by atoms with E-state index in [1.165, 1.54) is 0 Å². The van der Waals surface area contributed by atoms with Crippen LogP contribution in [0.3, 0.4) is 0 Å². The van der Waals surface area contributed by atoms with Crippen molar-refractivity contribution in [3.05, 3.63) is 0 Å². The highest BCUT2D eigenvalue weighted by atomic mass is 19.4. The SMILES string of the molecule is O=C(COCC(F)(F)F)NCC(O)C(F)F. The minimum absolute atomic E-state index is 0.744. The molecule has 0 saturated carbocycles. The van der Waals surface area contributed by atoms with Gasteiger partial charge in [0.2, 0.25) is 5.91 Å². The molecular weight excluding hydrogens is 241 g/mol. The van der Waals surface area contributed by atoms with Crippen LogP contribution in [0.5, 0.6) is 0 Å². The Morgan fingerprint density at radius 1 is 1.38 bits per heavy atom. The number of hydrogen-bond donors (Lipinski definition) is 2. The summed E-state index contributed by atoms with van der Waals surface area (Å²) in [6, 6.07) is 0. The maximum atomic E-state index is 11.7. The molecule has 9 heteroatoms. The fourth-order valence-corrected chi connectivity index (χ4v) is 0.618. The molecule has 16 heavy (non-hydrogen) atoms. The first-order valence-electron chi connectivity index (χ1n) is 4.10. The molecule has 0 aliphatic rings. The number of amides is 1. The molecule has 0 radical (unpaired) electrons. The van der Waals surface area contributed by atoms with Gasteiger partial charge in [0.15, 0.2) is 0 Å². The summed E-state index contributed by atoms with van der Waals surface area (Å²) in [7, 11) is 0. The topological polar surface area (TPSA) is 58.6 Å². The number of aliphatic hydroxyl groups is 1. The van der Waals surface area contributed by atoms with Crippen LogP contribution in [-0.4, -0.2) is 49.5 Å². The third-order valence-electron chi connectivity index (χ3n) is 1.30. The van der Waals surface area contributed by atoms with Gasteiger partial charge in [-0.2, -0.15) is 13.2 Å². The smallest absolute Gasteiger partial charge is 0.385 e. The molecule has 0 aromatic heterocycles. The van der Waals surface area contributed by atoms with E-state index in [0.717, 1.165) is 0 Å². The van der Waals surface area contributed by atoms with Crippen molar-refractivity contribution in [3.63, 3.8) is 0 Å². The lowest BCUT2D eigenvalue weighted by Crippen LogP contribution is -2.38.